The van der Waals surface area contributed by atoms with Crippen molar-refractivity contribution >= 4 is 11.9 Å². The van der Waals surface area contributed by atoms with Crippen LogP contribution < -0.4 is 22.6 Å². The van der Waals surface area contributed by atoms with Gasteiger partial charge in [-0.15, -0.1) is 0 Å². The predicted molar refractivity (Wildman–Crippen MR) is 189 cm³/mol. The van der Waals surface area contributed by atoms with Gasteiger partial charge in [-0.2, -0.15) is 5.26 Å². The summed E-state index contributed by atoms with van der Waals surface area (Å²) < 4.78 is 0. The predicted octanol–water partition coefficient (Wildman–Crippen LogP) is 8.39. The number of nitriles is 1. The lowest BCUT2D eigenvalue weighted by molar-refractivity contribution is -0.124. The van der Waals surface area contributed by atoms with E-state index >= 15 is 0 Å². The van der Waals surface area contributed by atoms with Crippen molar-refractivity contribution in [3.05, 3.63) is 0 Å². The minimum atomic E-state index is -0.548. The molecule has 0 aromatic heterocycles. The highest BCUT2D eigenvalue weighted by atomic mass is 16.1. The minimum absolute atomic E-state index is 0.0355. The molecule has 0 spiro atoms. The lowest BCUT2D eigenvalue weighted by atomic mass is 10.0. The molecule has 0 saturated heterocycles. The molecule has 0 aromatic rings. The van der Waals surface area contributed by atoms with Crippen LogP contribution in [0, 0.1) is 11.3 Å². The standard InChI is InChI=1S/C36H73N7O/c1-2-3-4-5-6-7-8-9-10-11-12-13-14-15-16-17-18-19-20-21-22-23-24-25-26-27-32-42-43(33-30-37)34(35(38)44)29-28-31-41-36(39)40/h34,42H,2-29,31-33H2,1H3,(H2,38,44)(H4,39,40,41). The van der Waals surface area contributed by atoms with Gasteiger partial charge < -0.3 is 17.2 Å². The van der Waals surface area contributed by atoms with E-state index in [-0.39, 0.29) is 12.5 Å². The smallest absolute Gasteiger partial charge is 0.236 e. The molecule has 1 unspecified atom stereocenters. The lowest BCUT2D eigenvalue weighted by Crippen LogP contribution is -2.52. The number of aliphatic imine (C=N–C) groups is 1. The molecular weight excluding hydrogens is 546 g/mol. The maximum atomic E-state index is 11.9. The second-order valence-corrected chi connectivity index (χ2v) is 12.9. The fourth-order valence-corrected chi connectivity index (χ4v) is 5.96. The van der Waals surface area contributed by atoms with E-state index in [1.54, 1.807) is 5.01 Å². The Kier molecular flexibility index (Phi) is 32.6. The monoisotopic (exact) mass is 620 g/mol. The van der Waals surface area contributed by atoms with Gasteiger partial charge in [0.2, 0.25) is 5.91 Å². The van der Waals surface area contributed by atoms with Crippen LogP contribution in [0.25, 0.3) is 0 Å². The van der Waals surface area contributed by atoms with Crippen molar-refractivity contribution < 1.29 is 4.79 Å². The molecule has 0 bridgehead atoms. The molecule has 0 saturated carbocycles. The highest BCUT2D eigenvalue weighted by molar-refractivity contribution is 5.79. The topological polar surface area (TPSA) is 147 Å². The zero-order valence-electron chi connectivity index (χ0n) is 29.0. The first kappa shape index (κ1) is 42.1. The summed E-state index contributed by atoms with van der Waals surface area (Å²) in [5.74, 6) is -0.407. The molecule has 0 aliphatic heterocycles. The maximum absolute atomic E-state index is 11.9. The van der Waals surface area contributed by atoms with E-state index in [0.717, 1.165) is 19.4 Å². The Morgan fingerprint density at radius 1 is 0.636 bits per heavy atom. The third-order valence-electron chi connectivity index (χ3n) is 8.72. The summed E-state index contributed by atoms with van der Waals surface area (Å²) in [4.78, 5) is 15.9. The van der Waals surface area contributed by atoms with E-state index in [9.17, 15) is 10.1 Å². The summed E-state index contributed by atoms with van der Waals surface area (Å²) in [6, 6.07) is 1.57. The summed E-state index contributed by atoms with van der Waals surface area (Å²) in [5, 5.41) is 10.8. The lowest BCUT2D eigenvalue weighted by Gasteiger charge is -2.27. The molecule has 44 heavy (non-hydrogen) atoms. The van der Waals surface area contributed by atoms with Crippen molar-refractivity contribution in [1.29, 1.82) is 5.26 Å². The summed E-state index contributed by atoms with van der Waals surface area (Å²) in [7, 11) is 0. The van der Waals surface area contributed by atoms with E-state index in [1.165, 1.54) is 154 Å². The number of amides is 1. The van der Waals surface area contributed by atoms with Crippen LogP contribution in [0.2, 0.25) is 0 Å². The second-order valence-electron chi connectivity index (χ2n) is 12.9. The Hall–Kier alpha value is -1.85. The number of carbonyl (C=O) groups excluding carboxylic acids is 1. The molecule has 0 aliphatic carbocycles. The largest absolute Gasteiger partial charge is 0.370 e. The first-order valence-electron chi connectivity index (χ1n) is 18.7. The molecule has 258 valence electrons. The van der Waals surface area contributed by atoms with Gasteiger partial charge in [-0.3, -0.25) is 15.2 Å². The van der Waals surface area contributed by atoms with Crippen molar-refractivity contribution in [2.45, 2.75) is 193 Å². The quantitative estimate of drug-likeness (QED) is 0.0184. The molecule has 1 atom stereocenters. The number of nitrogens with zero attached hydrogens (tertiary/aromatic N) is 3. The van der Waals surface area contributed by atoms with E-state index in [1.807, 2.05) is 0 Å². The third kappa shape index (κ3) is 30.2. The van der Waals surface area contributed by atoms with Crippen LogP contribution in [-0.2, 0) is 4.79 Å². The van der Waals surface area contributed by atoms with Crippen LogP contribution in [0.4, 0.5) is 0 Å². The summed E-state index contributed by atoms with van der Waals surface area (Å²) in [6.07, 6.45) is 37.2. The molecule has 0 heterocycles. The Labute approximate surface area is 272 Å². The minimum Gasteiger partial charge on any atom is -0.370 e. The number of hydrogen-bond acceptors (Lipinski definition) is 5. The van der Waals surface area contributed by atoms with E-state index in [0.29, 0.717) is 19.4 Å². The molecule has 7 N–H and O–H groups in total. The number of rotatable bonds is 35. The Bertz CT molecular complexity index is 690. The molecule has 0 aliphatic rings. The molecule has 8 heteroatoms. The number of hydrogen-bond donors (Lipinski definition) is 4. The number of nitrogens with one attached hydrogen (secondary N) is 1. The molecule has 0 radical (unpaired) electrons. The van der Waals surface area contributed by atoms with Gasteiger partial charge in [-0.05, 0) is 19.3 Å². The first-order chi connectivity index (χ1) is 21.5. The summed E-state index contributed by atoms with van der Waals surface area (Å²) >= 11 is 0. The molecule has 0 rings (SSSR count). The normalized spacial score (nSPS) is 11.9. The summed E-state index contributed by atoms with van der Waals surface area (Å²) in [6.45, 7) is 3.57. The molecular formula is C36H73N7O. The zero-order chi connectivity index (χ0) is 32.4. The van der Waals surface area contributed by atoms with Gasteiger partial charge in [-0.1, -0.05) is 167 Å². The fourth-order valence-electron chi connectivity index (χ4n) is 5.96. The van der Waals surface area contributed by atoms with Gasteiger partial charge in [0.25, 0.3) is 0 Å². The van der Waals surface area contributed by atoms with Crippen molar-refractivity contribution in [3.63, 3.8) is 0 Å². The van der Waals surface area contributed by atoms with Crippen LogP contribution in [0.1, 0.15) is 187 Å². The zero-order valence-corrected chi connectivity index (χ0v) is 29.0. The van der Waals surface area contributed by atoms with Crippen molar-refractivity contribution in [2.24, 2.45) is 22.2 Å². The third-order valence-corrected chi connectivity index (χ3v) is 8.72. The Morgan fingerprint density at radius 2 is 1.00 bits per heavy atom. The van der Waals surface area contributed by atoms with Crippen LogP contribution in [0.5, 0.6) is 0 Å². The molecule has 1 amide bonds. The number of primary amides is 1. The summed E-state index contributed by atoms with van der Waals surface area (Å²) in [5.41, 5.74) is 19.5. The average Bonchev–Trinajstić information content (AvgIpc) is 3.00. The van der Waals surface area contributed by atoms with Gasteiger partial charge in [0.1, 0.15) is 12.6 Å². The van der Waals surface area contributed by atoms with Crippen LogP contribution in [0.15, 0.2) is 4.99 Å². The van der Waals surface area contributed by atoms with Gasteiger partial charge in [0, 0.05) is 13.1 Å². The van der Waals surface area contributed by atoms with Crippen LogP contribution in [-0.4, -0.2) is 42.6 Å². The van der Waals surface area contributed by atoms with Gasteiger partial charge in [-0.25, -0.2) is 5.01 Å². The highest BCUT2D eigenvalue weighted by Crippen LogP contribution is 2.16. The number of unbranched alkanes of at least 4 members (excludes halogenated alkanes) is 25. The van der Waals surface area contributed by atoms with Crippen LogP contribution >= 0.6 is 0 Å². The SMILES string of the molecule is CCCCCCCCCCCCCCCCCCCCCCCCCCCCNN(CC#N)C(CCCN=C(N)N)C(N)=O. The second kappa shape index (κ2) is 34.0. The number of hydrazine groups is 1. The molecule has 8 nitrogen and oxygen atoms in total. The van der Waals surface area contributed by atoms with E-state index < -0.39 is 11.9 Å². The van der Waals surface area contributed by atoms with E-state index in [4.69, 9.17) is 17.2 Å². The Balaban J connectivity index is 3.47. The van der Waals surface area contributed by atoms with Crippen molar-refractivity contribution in [2.75, 3.05) is 19.6 Å². The number of nitrogens with two attached hydrogens (primary N) is 3. The maximum Gasteiger partial charge on any atom is 0.236 e. The van der Waals surface area contributed by atoms with Crippen molar-refractivity contribution in [3.8, 4) is 6.07 Å². The van der Waals surface area contributed by atoms with Gasteiger partial charge in [0.15, 0.2) is 5.96 Å². The van der Waals surface area contributed by atoms with Crippen molar-refractivity contribution in [1.82, 2.24) is 10.4 Å². The molecule has 0 fully saturated rings. The van der Waals surface area contributed by atoms with Gasteiger partial charge in [0.05, 0.1) is 6.07 Å². The number of carbonyl (C=O) groups is 1. The van der Waals surface area contributed by atoms with Crippen LogP contribution in [0.3, 0.4) is 0 Å². The first-order valence-corrected chi connectivity index (χ1v) is 18.7. The Morgan fingerprint density at radius 3 is 1.32 bits per heavy atom. The number of guanidine groups is 1. The molecule has 0 aromatic carbocycles. The average molecular weight is 620 g/mol. The fraction of sp³-hybridized carbons (Fsp3) is 0.917. The highest BCUT2D eigenvalue weighted by Gasteiger charge is 2.23. The van der Waals surface area contributed by atoms with E-state index in [2.05, 4.69) is 23.4 Å². The van der Waals surface area contributed by atoms with Gasteiger partial charge >= 0.3 is 0 Å².